The zero-order valence-electron chi connectivity index (χ0n) is 10.5. The Kier molecular flexibility index (Phi) is 7.20. The second kappa shape index (κ2) is 7.24. The molecule has 0 aromatic rings. The molecule has 0 aromatic carbocycles. The van der Waals surface area contributed by atoms with Crippen molar-refractivity contribution in [2.75, 3.05) is 20.2 Å². The minimum absolute atomic E-state index is 0.0407. The first kappa shape index (κ1) is 13.9. The van der Waals surface area contributed by atoms with E-state index in [2.05, 4.69) is 33.0 Å². The first-order valence-electron chi connectivity index (χ1n) is 5.77. The SMILES string of the molecule is CCCNCC(C)CCC(C)(C)OC. The molecule has 0 fully saturated rings. The van der Waals surface area contributed by atoms with E-state index in [1.807, 2.05) is 0 Å². The van der Waals surface area contributed by atoms with Crippen molar-refractivity contribution in [3.63, 3.8) is 0 Å². The lowest BCUT2D eigenvalue weighted by Gasteiger charge is -2.24. The van der Waals surface area contributed by atoms with Crippen LogP contribution in [-0.4, -0.2) is 25.8 Å². The fraction of sp³-hybridized carbons (Fsp3) is 1.00. The van der Waals surface area contributed by atoms with Gasteiger partial charge in [-0.3, -0.25) is 0 Å². The van der Waals surface area contributed by atoms with Gasteiger partial charge in [0.2, 0.25) is 0 Å². The molecule has 0 heterocycles. The summed E-state index contributed by atoms with van der Waals surface area (Å²) in [5.41, 5.74) is 0.0407. The van der Waals surface area contributed by atoms with Crippen molar-refractivity contribution < 1.29 is 4.74 Å². The first-order chi connectivity index (χ1) is 6.52. The average molecular weight is 201 g/mol. The van der Waals surface area contributed by atoms with E-state index in [0.29, 0.717) is 0 Å². The molecule has 0 rings (SSSR count). The summed E-state index contributed by atoms with van der Waals surface area (Å²) in [5, 5.41) is 3.45. The largest absolute Gasteiger partial charge is 0.379 e. The molecule has 14 heavy (non-hydrogen) atoms. The molecule has 0 saturated heterocycles. The Balaban J connectivity index is 3.48. The van der Waals surface area contributed by atoms with Crippen LogP contribution in [0.3, 0.4) is 0 Å². The molecule has 0 spiro atoms. The standard InChI is InChI=1S/C12H27NO/c1-6-9-13-10-11(2)7-8-12(3,4)14-5/h11,13H,6-10H2,1-5H3. The summed E-state index contributed by atoms with van der Waals surface area (Å²) in [4.78, 5) is 0. The van der Waals surface area contributed by atoms with Crippen molar-refractivity contribution in [3.05, 3.63) is 0 Å². The monoisotopic (exact) mass is 201 g/mol. The number of nitrogens with one attached hydrogen (secondary N) is 1. The smallest absolute Gasteiger partial charge is 0.0622 e. The first-order valence-corrected chi connectivity index (χ1v) is 5.77. The average Bonchev–Trinajstić information content (AvgIpc) is 2.16. The second-order valence-corrected chi connectivity index (χ2v) is 4.81. The van der Waals surface area contributed by atoms with Gasteiger partial charge in [-0.2, -0.15) is 0 Å². The van der Waals surface area contributed by atoms with E-state index in [0.717, 1.165) is 25.4 Å². The van der Waals surface area contributed by atoms with E-state index in [-0.39, 0.29) is 5.60 Å². The summed E-state index contributed by atoms with van der Waals surface area (Å²) in [7, 11) is 1.79. The third-order valence-corrected chi connectivity index (χ3v) is 2.71. The van der Waals surface area contributed by atoms with E-state index in [1.54, 1.807) is 7.11 Å². The molecule has 86 valence electrons. The number of hydrogen-bond donors (Lipinski definition) is 1. The molecule has 1 unspecified atom stereocenters. The molecule has 2 nitrogen and oxygen atoms in total. The molecule has 0 aliphatic carbocycles. The molecule has 0 saturated carbocycles. The summed E-state index contributed by atoms with van der Waals surface area (Å²) in [5.74, 6) is 0.746. The van der Waals surface area contributed by atoms with Crippen LogP contribution in [0.5, 0.6) is 0 Å². The maximum Gasteiger partial charge on any atom is 0.0622 e. The van der Waals surface area contributed by atoms with Crippen LogP contribution in [0.2, 0.25) is 0 Å². The molecule has 0 amide bonds. The Morgan fingerprint density at radius 1 is 1.36 bits per heavy atom. The summed E-state index contributed by atoms with van der Waals surface area (Å²) < 4.78 is 5.39. The topological polar surface area (TPSA) is 21.3 Å². The van der Waals surface area contributed by atoms with Crippen molar-refractivity contribution in [1.29, 1.82) is 0 Å². The third kappa shape index (κ3) is 7.34. The predicted molar refractivity (Wildman–Crippen MR) is 62.6 cm³/mol. The lowest BCUT2D eigenvalue weighted by molar-refractivity contribution is 0.0109. The zero-order chi connectivity index (χ0) is 11.0. The van der Waals surface area contributed by atoms with Crippen molar-refractivity contribution in [1.82, 2.24) is 5.32 Å². The van der Waals surface area contributed by atoms with Crippen LogP contribution in [-0.2, 0) is 4.74 Å². The molecule has 2 heteroatoms. The van der Waals surface area contributed by atoms with Gasteiger partial charge in [-0.1, -0.05) is 13.8 Å². The van der Waals surface area contributed by atoms with E-state index >= 15 is 0 Å². The van der Waals surface area contributed by atoms with Crippen molar-refractivity contribution >= 4 is 0 Å². The van der Waals surface area contributed by atoms with Gasteiger partial charge in [0.15, 0.2) is 0 Å². The summed E-state index contributed by atoms with van der Waals surface area (Å²) in [6.07, 6.45) is 3.59. The quantitative estimate of drug-likeness (QED) is 0.610. The number of ether oxygens (including phenoxy) is 1. The molecular weight excluding hydrogens is 174 g/mol. The molecule has 0 aliphatic rings. The van der Waals surface area contributed by atoms with Gasteiger partial charge in [-0.05, 0) is 52.1 Å². The molecule has 1 atom stereocenters. The van der Waals surface area contributed by atoms with Gasteiger partial charge in [-0.25, -0.2) is 0 Å². The highest BCUT2D eigenvalue weighted by atomic mass is 16.5. The molecule has 0 aliphatic heterocycles. The van der Waals surface area contributed by atoms with Gasteiger partial charge >= 0.3 is 0 Å². The highest BCUT2D eigenvalue weighted by Gasteiger charge is 2.17. The fourth-order valence-corrected chi connectivity index (χ4v) is 1.32. The van der Waals surface area contributed by atoms with Gasteiger partial charge in [0.1, 0.15) is 0 Å². The van der Waals surface area contributed by atoms with Crippen molar-refractivity contribution in [2.45, 2.75) is 52.6 Å². The summed E-state index contributed by atoms with van der Waals surface area (Å²) >= 11 is 0. The van der Waals surface area contributed by atoms with Crippen LogP contribution in [0.4, 0.5) is 0 Å². The minimum Gasteiger partial charge on any atom is -0.379 e. The number of rotatable bonds is 8. The highest BCUT2D eigenvalue weighted by Crippen LogP contribution is 2.18. The summed E-state index contributed by atoms with van der Waals surface area (Å²) in [6, 6.07) is 0. The molecule has 1 N–H and O–H groups in total. The third-order valence-electron chi connectivity index (χ3n) is 2.71. The van der Waals surface area contributed by atoms with Gasteiger partial charge in [0, 0.05) is 7.11 Å². The van der Waals surface area contributed by atoms with Gasteiger partial charge in [-0.15, -0.1) is 0 Å². The van der Waals surface area contributed by atoms with Crippen LogP contribution in [0.25, 0.3) is 0 Å². The van der Waals surface area contributed by atoms with Gasteiger partial charge < -0.3 is 10.1 Å². The van der Waals surface area contributed by atoms with Crippen LogP contribution in [0.15, 0.2) is 0 Å². The molecular formula is C12H27NO. The number of methoxy groups -OCH3 is 1. The van der Waals surface area contributed by atoms with E-state index < -0.39 is 0 Å². The Morgan fingerprint density at radius 3 is 2.50 bits per heavy atom. The van der Waals surface area contributed by atoms with Crippen LogP contribution in [0, 0.1) is 5.92 Å². The maximum atomic E-state index is 5.39. The second-order valence-electron chi connectivity index (χ2n) is 4.81. The van der Waals surface area contributed by atoms with E-state index in [4.69, 9.17) is 4.74 Å². The molecule has 0 aromatic heterocycles. The zero-order valence-corrected chi connectivity index (χ0v) is 10.5. The van der Waals surface area contributed by atoms with Crippen LogP contribution >= 0.6 is 0 Å². The lowest BCUT2D eigenvalue weighted by Crippen LogP contribution is -2.26. The Bertz CT molecular complexity index is 134. The van der Waals surface area contributed by atoms with Crippen LogP contribution in [0.1, 0.15) is 47.0 Å². The van der Waals surface area contributed by atoms with Crippen LogP contribution < -0.4 is 5.32 Å². The van der Waals surface area contributed by atoms with Gasteiger partial charge in [0.25, 0.3) is 0 Å². The summed E-state index contributed by atoms with van der Waals surface area (Å²) in [6.45, 7) is 11.1. The van der Waals surface area contributed by atoms with E-state index in [1.165, 1.54) is 12.8 Å². The highest BCUT2D eigenvalue weighted by molar-refractivity contribution is 4.70. The Hall–Kier alpha value is -0.0800. The normalized spacial score (nSPS) is 14.4. The molecule has 0 bridgehead atoms. The lowest BCUT2D eigenvalue weighted by atomic mass is 9.96. The number of hydrogen-bond acceptors (Lipinski definition) is 2. The Labute approximate surface area is 89.4 Å². The fourth-order valence-electron chi connectivity index (χ4n) is 1.32. The predicted octanol–water partition coefficient (Wildman–Crippen LogP) is 2.83. The van der Waals surface area contributed by atoms with Crippen molar-refractivity contribution in [2.24, 2.45) is 5.92 Å². The maximum absolute atomic E-state index is 5.39. The minimum atomic E-state index is 0.0407. The molecule has 0 radical (unpaired) electrons. The Morgan fingerprint density at radius 2 is 2.00 bits per heavy atom. The van der Waals surface area contributed by atoms with Gasteiger partial charge in [0.05, 0.1) is 5.60 Å². The van der Waals surface area contributed by atoms with Crippen molar-refractivity contribution in [3.8, 4) is 0 Å². The van der Waals surface area contributed by atoms with E-state index in [9.17, 15) is 0 Å².